The highest BCUT2D eigenvalue weighted by atomic mass is 32.2. The second kappa shape index (κ2) is 5.92. The first-order valence-corrected chi connectivity index (χ1v) is 8.44. The molecule has 0 saturated heterocycles. The van der Waals surface area contributed by atoms with Gasteiger partial charge in [-0.2, -0.15) is 0 Å². The van der Waals surface area contributed by atoms with Gasteiger partial charge in [0, 0.05) is 18.3 Å². The lowest BCUT2D eigenvalue weighted by Gasteiger charge is -2.16. The Morgan fingerprint density at radius 1 is 1.37 bits per heavy atom. The van der Waals surface area contributed by atoms with Crippen molar-refractivity contribution < 1.29 is 8.42 Å². The van der Waals surface area contributed by atoms with Crippen molar-refractivity contribution in [2.45, 2.75) is 50.5 Å². The molecule has 0 aliphatic carbocycles. The molecule has 2 rings (SSSR count). The van der Waals surface area contributed by atoms with Crippen LogP contribution in [0.15, 0.2) is 23.1 Å². The van der Waals surface area contributed by atoms with Crippen LogP contribution in [0.1, 0.15) is 38.7 Å². The predicted molar refractivity (Wildman–Crippen MR) is 77.9 cm³/mol. The van der Waals surface area contributed by atoms with Crippen molar-refractivity contribution in [1.29, 1.82) is 0 Å². The van der Waals surface area contributed by atoms with E-state index in [9.17, 15) is 8.42 Å². The molecule has 1 unspecified atom stereocenters. The van der Waals surface area contributed by atoms with Gasteiger partial charge in [0.2, 0.25) is 10.0 Å². The fraction of sp³-hybridized carbons (Fsp3) is 0.571. The van der Waals surface area contributed by atoms with Crippen molar-refractivity contribution in [1.82, 2.24) is 4.72 Å². The smallest absolute Gasteiger partial charge is 0.240 e. The minimum atomic E-state index is -3.41. The van der Waals surface area contributed by atoms with E-state index in [4.69, 9.17) is 0 Å². The van der Waals surface area contributed by atoms with Crippen LogP contribution in [0.5, 0.6) is 0 Å². The molecular formula is C14H22N2O2S. The van der Waals surface area contributed by atoms with Crippen LogP contribution in [0.4, 0.5) is 5.69 Å². The van der Waals surface area contributed by atoms with Gasteiger partial charge >= 0.3 is 0 Å². The number of hydrogen-bond donors (Lipinski definition) is 2. The van der Waals surface area contributed by atoms with Crippen LogP contribution in [0.3, 0.4) is 0 Å². The number of benzene rings is 1. The first-order chi connectivity index (χ1) is 9.06. The van der Waals surface area contributed by atoms with Crippen LogP contribution < -0.4 is 10.0 Å². The Kier molecular flexibility index (Phi) is 4.47. The molecular weight excluding hydrogens is 260 g/mol. The van der Waals surface area contributed by atoms with E-state index in [1.54, 1.807) is 12.1 Å². The lowest BCUT2D eigenvalue weighted by Crippen LogP contribution is -2.34. The van der Waals surface area contributed by atoms with Crippen LogP contribution in [0, 0.1) is 0 Å². The molecule has 1 aliphatic heterocycles. The summed E-state index contributed by atoms with van der Waals surface area (Å²) in [6.45, 7) is 4.96. The predicted octanol–water partition coefficient (Wildman–Crippen LogP) is 2.51. The summed E-state index contributed by atoms with van der Waals surface area (Å²) in [6.07, 6.45) is 3.64. The van der Waals surface area contributed by atoms with Gasteiger partial charge in [0.1, 0.15) is 0 Å². The molecule has 106 valence electrons. The average molecular weight is 282 g/mol. The molecule has 0 bridgehead atoms. The molecule has 0 fully saturated rings. The molecule has 5 heteroatoms. The van der Waals surface area contributed by atoms with Crippen molar-refractivity contribution in [3.8, 4) is 0 Å². The normalized spacial score (nSPS) is 15.9. The maximum atomic E-state index is 12.3. The number of fused-ring (bicyclic) bond motifs is 1. The minimum absolute atomic E-state index is 0.0243. The highest BCUT2D eigenvalue weighted by molar-refractivity contribution is 7.89. The monoisotopic (exact) mass is 282 g/mol. The highest BCUT2D eigenvalue weighted by Crippen LogP contribution is 2.25. The Hall–Kier alpha value is -1.07. The molecule has 1 heterocycles. The molecule has 1 aromatic rings. The molecule has 0 radical (unpaired) electrons. The number of nitrogens with one attached hydrogen (secondary N) is 2. The Balaban J connectivity index is 2.19. The van der Waals surface area contributed by atoms with E-state index < -0.39 is 10.0 Å². The van der Waals surface area contributed by atoms with E-state index in [-0.39, 0.29) is 6.04 Å². The van der Waals surface area contributed by atoms with Crippen molar-refractivity contribution in [3.05, 3.63) is 23.8 Å². The van der Waals surface area contributed by atoms with Gasteiger partial charge in [0.25, 0.3) is 0 Å². The quantitative estimate of drug-likeness (QED) is 0.843. The van der Waals surface area contributed by atoms with E-state index in [2.05, 4.69) is 17.0 Å². The lowest BCUT2D eigenvalue weighted by molar-refractivity contribution is 0.512. The number of anilines is 1. The summed E-state index contributed by atoms with van der Waals surface area (Å²) in [5.41, 5.74) is 2.14. The molecule has 0 saturated carbocycles. The second-order valence-electron chi connectivity index (χ2n) is 5.01. The van der Waals surface area contributed by atoms with Crippen molar-refractivity contribution in [3.63, 3.8) is 0 Å². The maximum Gasteiger partial charge on any atom is 0.240 e. The van der Waals surface area contributed by atoms with Crippen LogP contribution >= 0.6 is 0 Å². The van der Waals surface area contributed by atoms with Crippen LogP contribution in [0.25, 0.3) is 0 Å². The van der Waals surface area contributed by atoms with Crippen molar-refractivity contribution >= 4 is 15.7 Å². The van der Waals surface area contributed by atoms with Gasteiger partial charge < -0.3 is 5.32 Å². The molecule has 0 amide bonds. The van der Waals surface area contributed by atoms with Gasteiger partial charge in [-0.3, -0.25) is 0 Å². The van der Waals surface area contributed by atoms with Gasteiger partial charge in [0.05, 0.1) is 4.90 Å². The Morgan fingerprint density at radius 2 is 2.16 bits per heavy atom. The zero-order valence-electron chi connectivity index (χ0n) is 11.6. The Bertz CT molecular complexity index is 540. The van der Waals surface area contributed by atoms with E-state index in [1.807, 2.05) is 13.0 Å². The van der Waals surface area contributed by atoms with Crippen molar-refractivity contribution in [2.75, 3.05) is 11.9 Å². The number of hydrogen-bond acceptors (Lipinski definition) is 3. The number of rotatable bonds is 6. The largest absolute Gasteiger partial charge is 0.384 e. The topological polar surface area (TPSA) is 58.2 Å². The third-order valence-electron chi connectivity index (χ3n) is 3.55. The third kappa shape index (κ3) is 3.28. The fourth-order valence-corrected chi connectivity index (χ4v) is 3.80. The molecule has 0 aromatic heterocycles. The van der Waals surface area contributed by atoms with Gasteiger partial charge in [-0.25, -0.2) is 13.1 Å². The van der Waals surface area contributed by atoms with Crippen LogP contribution in [0.2, 0.25) is 0 Å². The van der Waals surface area contributed by atoms with Crippen LogP contribution in [-0.2, 0) is 16.4 Å². The summed E-state index contributed by atoms with van der Waals surface area (Å²) in [5, 5.41) is 3.21. The summed E-state index contributed by atoms with van der Waals surface area (Å²) in [7, 11) is -3.41. The minimum Gasteiger partial charge on any atom is -0.384 e. The molecule has 2 N–H and O–H groups in total. The Labute approximate surface area is 115 Å². The summed E-state index contributed by atoms with van der Waals surface area (Å²) in [6, 6.07) is 5.37. The first kappa shape index (κ1) is 14.3. The van der Waals surface area contributed by atoms with E-state index in [1.165, 1.54) is 5.56 Å². The summed E-state index contributed by atoms with van der Waals surface area (Å²) in [5.74, 6) is 0. The van der Waals surface area contributed by atoms with E-state index in [0.29, 0.717) is 4.90 Å². The zero-order valence-corrected chi connectivity index (χ0v) is 12.4. The SMILES string of the molecule is CCCC(CC)NS(=O)(=O)c1ccc2c(c1)NCC2. The molecule has 1 aromatic carbocycles. The van der Waals surface area contributed by atoms with Crippen molar-refractivity contribution in [2.24, 2.45) is 0 Å². The summed E-state index contributed by atoms with van der Waals surface area (Å²) < 4.78 is 27.5. The molecule has 0 spiro atoms. The van der Waals surface area contributed by atoms with Gasteiger partial charge in [-0.05, 0) is 37.0 Å². The molecule has 19 heavy (non-hydrogen) atoms. The standard InChI is InChI=1S/C14H22N2O2S/c1-3-5-12(4-2)16-19(17,18)13-7-6-11-8-9-15-14(11)10-13/h6-7,10,12,15-16H,3-5,8-9H2,1-2H3. The van der Waals surface area contributed by atoms with Crippen LogP contribution in [-0.4, -0.2) is 21.0 Å². The average Bonchev–Trinajstić information content (AvgIpc) is 2.85. The second-order valence-corrected chi connectivity index (χ2v) is 6.72. The van der Waals surface area contributed by atoms with E-state index in [0.717, 1.165) is 37.9 Å². The van der Waals surface area contributed by atoms with Gasteiger partial charge in [0.15, 0.2) is 0 Å². The highest BCUT2D eigenvalue weighted by Gasteiger charge is 2.20. The molecule has 1 atom stereocenters. The lowest BCUT2D eigenvalue weighted by atomic mass is 10.1. The molecule has 4 nitrogen and oxygen atoms in total. The fourth-order valence-electron chi connectivity index (χ4n) is 2.42. The third-order valence-corrected chi connectivity index (χ3v) is 5.07. The summed E-state index contributed by atoms with van der Waals surface area (Å²) in [4.78, 5) is 0.357. The van der Waals surface area contributed by atoms with Gasteiger partial charge in [-0.15, -0.1) is 0 Å². The number of sulfonamides is 1. The van der Waals surface area contributed by atoms with E-state index >= 15 is 0 Å². The van der Waals surface area contributed by atoms with Gasteiger partial charge in [-0.1, -0.05) is 26.3 Å². The zero-order chi connectivity index (χ0) is 13.9. The first-order valence-electron chi connectivity index (χ1n) is 6.96. The molecule has 1 aliphatic rings. The Morgan fingerprint density at radius 3 is 2.84 bits per heavy atom. The summed E-state index contributed by atoms with van der Waals surface area (Å²) >= 11 is 0. The maximum absolute atomic E-state index is 12.3.